The first-order valence-corrected chi connectivity index (χ1v) is 9.77. The highest BCUT2D eigenvalue weighted by molar-refractivity contribution is 7.18. The summed E-state index contributed by atoms with van der Waals surface area (Å²) in [6.45, 7) is 0.132. The number of hydrogen-bond acceptors (Lipinski definition) is 5. The van der Waals surface area contributed by atoms with Gasteiger partial charge in [-0.25, -0.2) is 4.98 Å². The zero-order valence-corrected chi connectivity index (χ0v) is 15.8. The van der Waals surface area contributed by atoms with E-state index in [9.17, 15) is 9.59 Å². The first-order chi connectivity index (χ1) is 13.1. The van der Waals surface area contributed by atoms with Crippen molar-refractivity contribution >= 4 is 27.5 Å². The van der Waals surface area contributed by atoms with E-state index >= 15 is 0 Å². The van der Waals surface area contributed by atoms with Gasteiger partial charge in [0.25, 0.3) is 5.56 Å². The lowest BCUT2D eigenvalue weighted by Crippen LogP contribution is -2.26. The Morgan fingerprint density at radius 1 is 1.30 bits per heavy atom. The van der Waals surface area contributed by atoms with Crippen LogP contribution in [0.4, 0.5) is 0 Å². The first-order valence-electron chi connectivity index (χ1n) is 8.95. The number of methoxy groups -OCH3 is 1. The fraction of sp³-hybridized carbons (Fsp3) is 0.350. The molecule has 0 unspecified atom stereocenters. The van der Waals surface area contributed by atoms with E-state index in [2.05, 4.69) is 0 Å². The van der Waals surface area contributed by atoms with Crippen molar-refractivity contribution < 1.29 is 14.6 Å². The van der Waals surface area contributed by atoms with E-state index in [0.717, 1.165) is 41.0 Å². The minimum atomic E-state index is -0.923. The summed E-state index contributed by atoms with van der Waals surface area (Å²) < 4.78 is 6.73. The van der Waals surface area contributed by atoms with Crippen LogP contribution in [0.25, 0.3) is 10.2 Å². The lowest BCUT2D eigenvalue weighted by Gasteiger charge is -2.12. The molecule has 0 fully saturated rings. The predicted octanol–water partition coefficient (Wildman–Crippen LogP) is 3.02. The van der Waals surface area contributed by atoms with Gasteiger partial charge < -0.3 is 9.84 Å². The number of ether oxygens (including phenoxy) is 1. The van der Waals surface area contributed by atoms with Crippen LogP contribution < -0.4 is 10.3 Å². The van der Waals surface area contributed by atoms with E-state index in [1.807, 2.05) is 24.3 Å². The first kappa shape index (κ1) is 17.7. The Morgan fingerprint density at radius 3 is 2.78 bits per heavy atom. The number of thiophene rings is 1. The number of fused-ring (bicyclic) bond motifs is 3. The Kier molecular flexibility index (Phi) is 4.70. The van der Waals surface area contributed by atoms with Crippen molar-refractivity contribution in [3.8, 4) is 5.75 Å². The molecule has 0 radical (unpaired) electrons. The van der Waals surface area contributed by atoms with E-state index in [0.29, 0.717) is 17.6 Å². The second kappa shape index (κ2) is 7.15. The zero-order chi connectivity index (χ0) is 19.0. The molecule has 4 rings (SSSR count). The summed E-state index contributed by atoms with van der Waals surface area (Å²) in [5.74, 6) is 0.451. The minimum Gasteiger partial charge on any atom is -0.497 e. The molecule has 0 aliphatic heterocycles. The van der Waals surface area contributed by atoms with Crippen LogP contribution >= 0.6 is 11.3 Å². The van der Waals surface area contributed by atoms with Crippen LogP contribution in [0.3, 0.4) is 0 Å². The fourth-order valence-electron chi connectivity index (χ4n) is 3.62. The minimum absolute atomic E-state index is 0.102. The number of aryl methyl sites for hydroxylation is 2. The molecule has 2 aromatic heterocycles. The molecule has 0 bridgehead atoms. The normalized spacial score (nSPS) is 13.1. The summed E-state index contributed by atoms with van der Waals surface area (Å²) in [5, 5.41) is 9.78. The summed E-state index contributed by atoms with van der Waals surface area (Å²) in [7, 11) is 1.62. The Bertz CT molecular complexity index is 1070. The van der Waals surface area contributed by atoms with Crippen LogP contribution in [0.1, 0.15) is 34.7 Å². The predicted molar refractivity (Wildman–Crippen MR) is 104 cm³/mol. The molecule has 1 aliphatic rings. The Labute approximate surface area is 160 Å². The molecule has 0 atom stereocenters. The molecule has 3 aromatic rings. The molecule has 1 aromatic carbocycles. The topological polar surface area (TPSA) is 81.4 Å². The Hall–Kier alpha value is -2.67. The van der Waals surface area contributed by atoms with Crippen molar-refractivity contribution in [1.29, 1.82) is 0 Å². The van der Waals surface area contributed by atoms with Gasteiger partial charge in [0.1, 0.15) is 16.4 Å². The van der Waals surface area contributed by atoms with Crippen molar-refractivity contribution in [3.05, 3.63) is 56.4 Å². The number of carboxylic acids is 1. The second-order valence-corrected chi connectivity index (χ2v) is 7.77. The van der Waals surface area contributed by atoms with Crippen molar-refractivity contribution in [2.45, 2.75) is 38.6 Å². The molecule has 1 N–H and O–H groups in total. The standard InChI is InChI=1S/C20H20N2O4S/c1-26-13-7-5-12(6-8-13)11-16-21-19-18(14-3-2-4-15(14)27-19)20(25)22(16)10-9-17(23)24/h5-8H,2-4,9-11H2,1H3,(H,23,24). The smallest absolute Gasteiger partial charge is 0.305 e. The highest BCUT2D eigenvalue weighted by Gasteiger charge is 2.23. The average molecular weight is 384 g/mol. The van der Waals surface area contributed by atoms with E-state index in [1.165, 1.54) is 4.88 Å². The molecule has 27 heavy (non-hydrogen) atoms. The van der Waals surface area contributed by atoms with Crippen molar-refractivity contribution in [1.82, 2.24) is 9.55 Å². The maximum Gasteiger partial charge on any atom is 0.305 e. The number of benzene rings is 1. The van der Waals surface area contributed by atoms with E-state index in [1.54, 1.807) is 23.0 Å². The van der Waals surface area contributed by atoms with Gasteiger partial charge in [-0.1, -0.05) is 12.1 Å². The quantitative estimate of drug-likeness (QED) is 0.706. The van der Waals surface area contributed by atoms with E-state index < -0.39 is 5.97 Å². The SMILES string of the molecule is COc1ccc(Cc2nc3sc4c(c3c(=O)n2CCC(=O)O)CCC4)cc1. The maximum atomic E-state index is 13.2. The van der Waals surface area contributed by atoms with Gasteiger partial charge >= 0.3 is 5.97 Å². The lowest BCUT2D eigenvalue weighted by molar-refractivity contribution is -0.137. The highest BCUT2D eigenvalue weighted by Crippen LogP contribution is 2.35. The van der Waals surface area contributed by atoms with E-state index in [-0.39, 0.29) is 18.5 Å². The largest absolute Gasteiger partial charge is 0.497 e. The van der Waals surface area contributed by atoms with Crippen molar-refractivity contribution in [3.63, 3.8) is 0 Å². The summed E-state index contributed by atoms with van der Waals surface area (Å²) in [6, 6.07) is 7.61. The van der Waals surface area contributed by atoms with Crippen LogP contribution in [0.2, 0.25) is 0 Å². The van der Waals surface area contributed by atoms with Gasteiger partial charge in [0.15, 0.2) is 0 Å². The number of nitrogens with zero attached hydrogens (tertiary/aromatic N) is 2. The lowest BCUT2D eigenvalue weighted by atomic mass is 10.1. The van der Waals surface area contributed by atoms with Crippen molar-refractivity contribution in [2.75, 3.05) is 7.11 Å². The second-order valence-electron chi connectivity index (χ2n) is 6.69. The van der Waals surface area contributed by atoms with Crippen LogP contribution in [0, 0.1) is 0 Å². The monoisotopic (exact) mass is 384 g/mol. The molecule has 7 heteroatoms. The van der Waals surface area contributed by atoms with Crippen LogP contribution in [0.5, 0.6) is 5.75 Å². The highest BCUT2D eigenvalue weighted by atomic mass is 32.1. The van der Waals surface area contributed by atoms with Gasteiger partial charge in [0.2, 0.25) is 0 Å². The van der Waals surface area contributed by atoms with Gasteiger partial charge in [-0.3, -0.25) is 14.2 Å². The van der Waals surface area contributed by atoms with Gasteiger partial charge in [-0.05, 0) is 42.5 Å². The average Bonchev–Trinajstić information content (AvgIpc) is 3.22. The van der Waals surface area contributed by atoms with Gasteiger partial charge in [0.05, 0.1) is 18.9 Å². The number of carboxylic acid groups (broad SMARTS) is 1. The Morgan fingerprint density at radius 2 is 2.07 bits per heavy atom. The van der Waals surface area contributed by atoms with Crippen molar-refractivity contribution in [2.24, 2.45) is 0 Å². The number of aromatic nitrogens is 2. The van der Waals surface area contributed by atoms with Gasteiger partial charge in [-0.15, -0.1) is 11.3 Å². The molecular weight excluding hydrogens is 364 g/mol. The molecule has 0 saturated heterocycles. The summed E-state index contributed by atoms with van der Waals surface area (Å²) in [5.41, 5.74) is 2.01. The summed E-state index contributed by atoms with van der Waals surface area (Å²) >= 11 is 1.60. The van der Waals surface area contributed by atoms with Gasteiger partial charge in [-0.2, -0.15) is 0 Å². The third-order valence-corrected chi connectivity index (χ3v) is 6.16. The number of hydrogen-bond donors (Lipinski definition) is 1. The Balaban J connectivity index is 1.80. The molecule has 140 valence electrons. The molecule has 0 amide bonds. The number of rotatable bonds is 6. The third kappa shape index (κ3) is 3.35. The van der Waals surface area contributed by atoms with Crippen LogP contribution in [-0.2, 0) is 30.6 Å². The number of carbonyl (C=O) groups is 1. The van der Waals surface area contributed by atoms with E-state index in [4.69, 9.17) is 14.8 Å². The molecular formula is C20H20N2O4S. The van der Waals surface area contributed by atoms with Crippen LogP contribution in [0.15, 0.2) is 29.1 Å². The number of aliphatic carboxylic acids is 1. The third-order valence-electron chi connectivity index (χ3n) is 4.97. The summed E-state index contributed by atoms with van der Waals surface area (Å²) in [4.78, 5) is 31.1. The maximum absolute atomic E-state index is 13.2. The molecule has 2 heterocycles. The molecule has 6 nitrogen and oxygen atoms in total. The van der Waals surface area contributed by atoms with Crippen LogP contribution in [-0.4, -0.2) is 27.7 Å². The fourth-order valence-corrected chi connectivity index (χ4v) is 4.89. The van der Waals surface area contributed by atoms with Gasteiger partial charge in [0, 0.05) is 17.8 Å². The molecule has 0 spiro atoms. The molecule has 0 saturated carbocycles. The zero-order valence-electron chi connectivity index (χ0n) is 15.0. The summed E-state index contributed by atoms with van der Waals surface area (Å²) in [6.07, 6.45) is 3.34. The molecule has 1 aliphatic carbocycles.